The lowest BCUT2D eigenvalue weighted by Crippen LogP contribution is -3.09. The largest absolute Gasteiger partial charge is 0.493 e. The van der Waals surface area contributed by atoms with Gasteiger partial charge in [-0.15, -0.1) is 0 Å². The molecule has 1 amide bonds. The number of halogens is 2. The van der Waals surface area contributed by atoms with E-state index in [1.807, 2.05) is 7.05 Å². The van der Waals surface area contributed by atoms with Crippen LogP contribution in [0.5, 0.6) is 11.5 Å². The molecule has 1 unspecified atom stereocenters. The number of hydrogen-bond acceptors (Lipinski definition) is 4. The summed E-state index contributed by atoms with van der Waals surface area (Å²) in [7, 11) is 3.23. The number of nitrogens with zero attached hydrogens (tertiary/aromatic N) is 1. The molecule has 1 atom stereocenters. The summed E-state index contributed by atoms with van der Waals surface area (Å²) >= 11 is 0. The van der Waals surface area contributed by atoms with Crippen molar-refractivity contribution in [3.63, 3.8) is 0 Å². The van der Waals surface area contributed by atoms with Gasteiger partial charge in [0.15, 0.2) is 18.0 Å². The van der Waals surface area contributed by atoms with Crippen molar-refractivity contribution in [2.45, 2.75) is 44.4 Å². The van der Waals surface area contributed by atoms with E-state index < -0.39 is 12.2 Å². The van der Waals surface area contributed by atoms with Crippen LogP contribution < -0.4 is 19.7 Å². The number of likely N-dealkylation sites (N-methyl/N-ethyl adjacent to an activating group) is 1. The summed E-state index contributed by atoms with van der Waals surface area (Å²) in [5.74, 6) is 0.0175. The molecule has 1 saturated carbocycles. The van der Waals surface area contributed by atoms with Crippen molar-refractivity contribution in [2.75, 3.05) is 20.7 Å². The highest BCUT2D eigenvalue weighted by Gasteiger charge is 2.35. The molecule has 1 aliphatic rings. The van der Waals surface area contributed by atoms with Crippen LogP contribution >= 0.6 is 0 Å². The fraction of sp³-hybridized carbons (Fsp3) is 0.556. The second-order valence-electron chi connectivity index (χ2n) is 6.62. The Bertz CT molecular complexity index is 670. The van der Waals surface area contributed by atoms with Crippen molar-refractivity contribution in [3.8, 4) is 17.6 Å². The first-order valence-corrected chi connectivity index (χ1v) is 8.53. The smallest absolute Gasteiger partial charge is 0.387 e. The van der Waals surface area contributed by atoms with Gasteiger partial charge in [-0.1, -0.05) is 0 Å². The van der Waals surface area contributed by atoms with E-state index in [4.69, 9.17) is 4.74 Å². The van der Waals surface area contributed by atoms with Crippen molar-refractivity contribution in [1.29, 1.82) is 5.26 Å². The zero-order valence-electron chi connectivity index (χ0n) is 15.0. The SMILES string of the molecule is COc1cc(C[NH+](C)CC(=O)NC2(C#N)CCCC2)ccc1OC(F)F. The molecule has 2 rings (SSSR count). The number of rotatable bonds is 8. The fourth-order valence-electron chi connectivity index (χ4n) is 3.25. The zero-order valence-corrected chi connectivity index (χ0v) is 15.0. The first kappa shape index (κ1) is 19.9. The number of nitriles is 1. The number of ether oxygens (including phenoxy) is 2. The number of nitrogens with one attached hydrogen (secondary N) is 2. The molecular weight excluding hydrogens is 344 g/mol. The van der Waals surface area contributed by atoms with Gasteiger partial charge in [-0.05, 0) is 43.9 Å². The van der Waals surface area contributed by atoms with E-state index >= 15 is 0 Å². The number of methoxy groups -OCH3 is 1. The van der Waals surface area contributed by atoms with Gasteiger partial charge >= 0.3 is 6.61 Å². The maximum atomic E-state index is 12.4. The van der Waals surface area contributed by atoms with Crippen LogP contribution in [-0.4, -0.2) is 38.8 Å². The molecule has 8 heteroatoms. The second-order valence-corrected chi connectivity index (χ2v) is 6.62. The minimum absolute atomic E-state index is 0.0289. The minimum atomic E-state index is -2.92. The third kappa shape index (κ3) is 5.30. The Morgan fingerprint density at radius 3 is 2.65 bits per heavy atom. The molecule has 1 fully saturated rings. The quantitative estimate of drug-likeness (QED) is 0.725. The predicted octanol–water partition coefficient (Wildman–Crippen LogP) is 1.26. The Labute approximate surface area is 151 Å². The van der Waals surface area contributed by atoms with E-state index in [0.29, 0.717) is 19.4 Å². The van der Waals surface area contributed by atoms with Crippen molar-refractivity contribution in [3.05, 3.63) is 23.8 Å². The van der Waals surface area contributed by atoms with Gasteiger partial charge in [0.25, 0.3) is 5.91 Å². The van der Waals surface area contributed by atoms with Crippen LogP contribution in [0.25, 0.3) is 0 Å². The summed E-state index contributed by atoms with van der Waals surface area (Å²) < 4.78 is 34.2. The van der Waals surface area contributed by atoms with Gasteiger partial charge in [0, 0.05) is 5.56 Å². The van der Waals surface area contributed by atoms with Gasteiger partial charge in [-0.3, -0.25) is 4.79 Å². The highest BCUT2D eigenvalue weighted by molar-refractivity contribution is 5.78. The normalized spacial score (nSPS) is 16.8. The lowest BCUT2D eigenvalue weighted by molar-refractivity contribution is -0.885. The molecule has 26 heavy (non-hydrogen) atoms. The van der Waals surface area contributed by atoms with E-state index in [1.165, 1.54) is 13.2 Å². The molecule has 2 N–H and O–H groups in total. The average Bonchev–Trinajstić information content (AvgIpc) is 3.04. The molecule has 0 aromatic heterocycles. The topological polar surface area (TPSA) is 75.8 Å². The number of amides is 1. The zero-order chi connectivity index (χ0) is 19.2. The Kier molecular flexibility index (Phi) is 6.75. The lowest BCUT2D eigenvalue weighted by atomic mass is 10.00. The first-order chi connectivity index (χ1) is 12.4. The molecule has 0 saturated heterocycles. The number of benzene rings is 1. The van der Waals surface area contributed by atoms with Crippen LogP contribution in [-0.2, 0) is 11.3 Å². The van der Waals surface area contributed by atoms with Crippen molar-refractivity contribution < 1.29 is 27.9 Å². The van der Waals surface area contributed by atoms with Crippen molar-refractivity contribution in [1.82, 2.24) is 5.32 Å². The summed E-state index contributed by atoms with van der Waals surface area (Å²) in [5, 5.41) is 12.2. The van der Waals surface area contributed by atoms with Gasteiger partial charge in [-0.2, -0.15) is 14.0 Å². The lowest BCUT2D eigenvalue weighted by Gasteiger charge is -2.23. The summed E-state index contributed by atoms with van der Waals surface area (Å²) in [5.41, 5.74) is 0.0964. The van der Waals surface area contributed by atoms with Crippen LogP contribution in [0.4, 0.5) is 8.78 Å². The van der Waals surface area contributed by atoms with Crippen LogP contribution in [0.3, 0.4) is 0 Å². The van der Waals surface area contributed by atoms with Gasteiger partial charge in [0.2, 0.25) is 0 Å². The third-order valence-corrected chi connectivity index (χ3v) is 4.46. The summed E-state index contributed by atoms with van der Waals surface area (Å²) in [4.78, 5) is 13.2. The molecule has 0 spiro atoms. The molecule has 0 bridgehead atoms. The van der Waals surface area contributed by atoms with E-state index in [9.17, 15) is 18.8 Å². The Hall–Kier alpha value is -2.40. The van der Waals surface area contributed by atoms with Crippen LogP contribution in [0.15, 0.2) is 18.2 Å². The highest BCUT2D eigenvalue weighted by Crippen LogP contribution is 2.29. The Morgan fingerprint density at radius 2 is 2.08 bits per heavy atom. The number of hydrogen-bond donors (Lipinski definition) is 2. The molecule has 1 aromatic rings. The Morgan fingerprint density at radius 1 is 1.38 bits per heavy atom. The Balaban J connectivity index is 1.93. The van der Waals surface area contributed by atoms with E-state index in [-0.39, 0.29) is 24.0 Å². The maximum Gasteiger partial charge on any atom is 0.387 e. The molecule has 142 valence electrons. The number of carbonyl (C=O) groups excluding carboxylic acids is 1. The second kappa shape index (κ2) is 8.81. The summed E-state index contributed by atoms with van der Waals surface area (Å²) in [6.07, 6.45) is 3.28. The van der Waals surface area contributed by atoms with Crippen LogP contribution in [0, 0.1) is 11.3 Å². The van der Waals surface area contributed by atoms with Gasteiger partial charge < -0.3 is 19.7 Å². The average molecular weight is 368 g/mol. The minimum Gasteiger partial charge on any atom is -0.493 e. The van der Waals surface area contributed by atoms with E-state index in [0.717, 1.165) is 23.3 Å². The van der Waals surface area contributed by atoms with E-state index in [2.05, 4.69) is 16.1 Å². The standard InChI is InChI=1S/C18H23F2N3O3/c1-23(11-16(24)22-18(12-21)7-3-4-8-18)10-13-5-6-14(26-17(19)20)15(9-13)25-2/h5-6,9,17H,3-4,7-8,10-11H2,1-2H3,(H,22,24)/p+1. The maximum absolute atomic E-state index is 12.4. The summed E-state index contributed by atoms with van der Waals surface area (Å²) in [6, 6.07) is 6.94. The molecule has 6 nitrogen and oxygen atoms in total. The van der Waals surface area contributed by atoms with Crippen molar-refractivity contribution >= 4 is 5.91 Å². The molecule has 1 aromatic carbocycles. The third-order valence-electron chi connectivity index (χ3n) is 4.46. The van der Waals surface area contributed by atoms with E-state index in [1.54, 1.807) is 12.1 Å². The van der Waals surface area contributed by atoms with Gasteiger partial charge in [0.1, 0.15) is 12.1 Å². The molecule has 0 aliphatic heterocycles. The highest BCUT2D eigenvalue weighted by atomic mass is 19.3. The monoisotopic (exact) mass is 368 g/mol. The van der Waals surface area contributed by atoms with Crippen molar-refractivity contribution in [2.24, 2.45) is 0 Å². The predicted molar refractivity (Wildman–Crippen MR) is 90.0 cm³/mol. The molecule has 0 heterocycles. The molecular formula is C18H24F2N3O3+. The van der Waals surface area contributed by atoms with Gasteiger partial charge in [0.05, 0.1) is 20.2 Å². The molecule has 1 aliphatic carbocycles. The number of quaternary nitrogens is 1. The fourth-order valence-corrected chi connectivity index (χ4v) is 3.25. The first-order valence-electron chi connectivity index (χ1n) is 8.53. The summed E-state index contributed by atoms with van der Waals surface area (Å²) in [6.45, 7) is -2.21. The number of alkyl halides is 2. The molecule has 0 radical (unpaired) electrons. The van der Waals surface area contributed by atoms with Crippen LogP contribution in [0.2, 0.25) is 0 Å². The van der Waals surface area contributed by atoms with Crippen LogP contribution in [0.1, 0.15) is 31.2 Å². The van der Waals surface area contributed by atoms with Gasteiger partial charge in [-0.25, -0.2) is 0 Å². The number of carbonyl (C=O) groups is 1.